The van der Waals surface area contributed by atoms with Crippen LogP contribution < -0.4 is 5.32 Å². The molecule has 1 atom stereocenters. The van der Waals surface area contributed by atoms with E-state index in [2.05, 4.69) is 24.4 Å². The number of nitrogens with zero attached hydrogens (tertiary/aromatic N) is 1. The van der Waals surface area contributed by atoms with E-state index in [0.717, 1.165) is 50.3 Å². The van der Waals surface area contributed by atoms with Gasteiger partial charge in [-0.2, -0.15) is 0 Å². The van der Waals surface area contributed by atoms with Gasteiger partial charge in [0.05, 0.1) is 0 Å². The SMILES string of the molecule is CCCC(NCCC(=O)N1CCCC1)c1ccc(Cl)cc1. The third-order valence-corrected chi connectivity index (χ3v) is 4.29. The highest BCUT2D eigenvalue weighted by Crippen LogP contribution is 2.20. The average Bonchev–Trinajstić information content (AvgIpc) is 3.01. The van der Waals surface area contributed by atoms with E-state index < -0.39 is 0 Å². The van der Waals surface area contributed by atoms with Crippen molar-refractivity contribution < 1.29 is 4.79 Å². The fourth-order valence-corrected chi connectivity index (χ4v) is 2.97. The van der Waals surface area contributed by atoms with Crippen LogP contribution in [-0.2, 0) is 4.79 Å². The molecule has 1 aromatic carbocycles. The molecule has 1 aliphatic heterocycles. The van der Waals surface area contributed by atoms with Crippen LogP contribution in [-0.4, -0.2) is 30.4 Å². The molecule has 1 heterocycles. The van der Waals surface area contributed by atoms with Gasteiger partial charge in [-0.25, -0.2) is 0 Å². The quantitative estimate of drug-likeness (QED) is 0.831. The van der Waals surface area contributed by atoms with Gasteiger partial charge in [0.1, 0.15) is 0 Å². The summed E-state index contributed by atoms with van der Waals surface area (Å²) in [5, 5.41) is 4.28. The van der Waals surface area contributed by atoms with Crippen molar-refractivity contribution >= 4 is 17.5 Å². The van der Waals surface area contributed by atoms with Gasteiger partial charge in [-0.1, -0.05) is 37.1 Å². The molecule has 0 saturated carbocycles. The molecule has 21 heavy (non-hydrogen) atoms. The van der Waals surface area contributed by atoms with Gasteiger partial charge in [-0.3, -0.25) is 4.79 Å². The van der Waals surface area contributed by atoms with Gasteiger partial charge in [0.25, 0.3) is 0 Å². The Hall–Kier alpha value is -1.06. The Balaban J connectivity index is 1.82. The third kappa shape index (κ3) is 5.01. The summed E-state index contributed by atoms with van der Waals surface area (Å²) in [5.41, 5.74) is 1.25. The second kappa shape index (κ2) is 8.40. The van der Waals surface area contributed by atoms with E-state index in [9.17, 15) is 4.79 Å². The molecule has 0 bridgehead atoms. The van der Waals surface area contributed by atoms with Crippen LogP contribution in [0, 0.1) is 0 Å². The summed E-state index contributed by atoms with van der Waals surface area (Å²) in [4.78, 5) is 14.0. The number of carbonyl (C=O) groups excluding carboxylic acids is 1. The molecule has 0 radical (unpaired) electrons. The van der Waals surface area contributed by atoms with Crippen LogP contribution in [0.25, 0.3) is 0 Å². The molecule has 0 aromatic heterocycles. The molecule has 1 amide bonds. The molecular formula is C17H25ClN2O. The summed E-state index contributed by atoms with van der Waals surface area (Å²) >= 11 is 5.94. The highest BCUT2D eigenvalue weighted by atomic mass is 35.5. The second-order valence-electron chi connectivity index (χ2n) is 5.68. The van der Waals surface area contributed by atoms with Crippen molar-refractivity contribution in [3.8, 4) is 0 Å². The molecule has 4 heteroatoms. The predicted molar refractivity (Wildman–Crippen MR) is 87.5 cm³/mol. The Morgan fingerprint density at radius 3 is 2.57 bits per heavy atom. The van der Waals surface area contributed by atoms with Gasteiger partial charge >= 0.3 is 0 Å². The van der Waals surface area contributed by atoms with Crippen LogP contribution in [0.5, 0.6) is 0 Å². The molecule has 3 nitrogen and oxygen atoms in total. The van der Waals surface area contributed by atoms with Crippen molar-refractivity contribution in [2.75, 3.05) is 19.6 Å². The third-order valence-electron chi connectivity index (χ3n) is 4.04. The number of hydrogen-bond donors (Lipinski definition) is 1. The Kier molecular flexibility index (Phi) is 6.52. The molecule has 0 aliphatic carbocycles. The average molecular weight is 309 g/mol. The minimum atomic E-state index is 0.284. The normalized spacial score (nSPS) is 16.2. The number of amides is 1. The summed E-state index contributed by atoms with van der Waals surface area (Å²) in [7, 11) is 0. The topological polar surface area (TPSA) is 32.3 Å². The van der Waals surface area contributed by atoms with Crippen molar-refractivity contribution in [3.63, 3.8) is 0 Å². The van der Waals surface area contributed by atoms with Crippen LogP contribution in [0.3, 0.4) is 0 Å². The zero-order valence-corrected chi connectivity index (χ0v) is 13.5. The first-order chi connectivity index (χ1) is 10.2. The highest BCUT2D eigenvalue weighted by molar-refractivity contribution is 6.30. The van der Waals surface area contributed by atoms with Crippen LogP contribution in [0.2, 0.25) is 5.02 Å². The standard InChI is InChI=1S/C17H25ClN2O/c1-2-5-16(14-6-8-15(18)9-7-14)19-11-10-17(21)20-12-3-4-13-20/h6-9,16,19H,2-5,10-13H2,1H3. The van der Waals surface area contributed by atoms with Crippen molar-refractivity contribution in [3.05, 3.63) is 34.9 Å². The molecule has 1 N–H and O–H groups in total. The molecule has 0 spiro atoms. The molecule has 1 aliphatic rings. The van der Waals surface area contributed by atoms with Gasteiger partial charge in [0.15, 0.2) is 0 Å². The lowest BCUT2D eigenvalue weighted by atomic mass is 10.0. The summed E-state index contributed by atoms with van der Waals surface area (Å²) in [6, 6.07) is 8.29. The number of halogens is 1. The van der Waals surface area contributed by atoms with Crippen LogP contribution in [0.15, 0.2) is 24.3 Å². The zero-order chi connectivity index (χ0) is 15.1. The first kappa shape index (κ1) is 16.3. The van der Waals surface area contributed by atoms with E-state index in [1.165, 1.54) is 5.56 Å². The molecular weight excluding hydrogens is 284 g/mol. The lowest BCUT2D eigenvalue weighted by molar-refractivity contribution is -0.130. The minimum absolute atomic E-state index is 0.284. The van der Waals surface area contributed by atoms with E-state index in [-0.39, 0.29) is 5.91 Å². The Morgan fingerprint density at radius 2 is 1.95 bits per heavy atom. The van der Waals surface area contributed by atoms with E-state index in [4.69, 9.17) is 11.6 Å². The van der Waals surface area contributed by atoms with Crippen molar-refractivity contribution in [2.45, 2.75) is 45.1 Å². The molecule has 1 saturated heterocycles. The number of benzene rings is 1. The predicted octanol–water partition coefficient (Wildman–Crippen LogP) is 3.78. The maximum atomic E-state index is 12.0. The number of carbonyl (C=O) groups is 1. The monoisotopic (exact) mass is 308 g/mol. The fraction of sp³-hybridized carbons (Fsp3) is 0.588. The maximum absolute atomic E-state index is 12.0. The number of nitrogens with one attached hydrogen (secondary N) is 1. The Bertz CT molecular complexity index is 441. The van der Waals surface area contributed by atoms with Crippen LogP contribution in [0.4, 0.5) is 0 Å². The summed E-state index contributed by atoms with van der Waals surface area (Å²) < 4.78 is 0. The van der Waals surface area contributed by atoms with Crippen molar-refractivity contribution in [2.24, 2.45) is 0 Å². The van der Waals surface area contributed by atoms with Crippen LogP contribution >= 0.6 is 11.6 Å². The molecule has 1 unspecified atom stereocenters. The zero-order valence-electron chi connectivity index (χ0n) is 12.8. The van der Waals surface area contributed by atoms with Gasteiger partial charge in [0.2, 0.25) is 5.91 Å². The first-order valence-corrected chi connectivity index (χ1v) is 8.35. The first-order valence-electron chi connectivity index (χ1n) is 7.97. The minimum Gasteiger partial charge on any atom is -0.343 e. The van der Waals surface area contributed by atoms with E-state index in [1.807, 2.05) is 17.0 Å². The number of likely N-dealkylation sites (tertiary alicyclic amines) is 1. The second-order valence-corrected chi connectivity index (χ2v) is 6.12. The summed E-state index contributed by atoms with van der Waals surface area (Å²) in [5.74, 6) is 0.284. The number of rotatable bonds is 7. The highest BCUT2D eigenvalue weighted by Gasteiger charge is 2.18. The van der Waals surface area contributed by atoms with E-state index in [1.54, 1.807) is 0 Å². The maximum Gasteiger partial charge on any atom is 0.223 e. The summed E-state index contributed by atoms with van der Waals surface area (Å²) in [6.07, 6.45) is 5.08. The largest absolute Gasteiger partial charge is 0.343 e. The van der Waals surface area contributed by atoms with E-state index in [0.29, 0.717) is 12.5 Å². The molecule has 1 fully saturated rings. The smallest absolute Gasteiger partial charge is 0.223 e. The molecule has 116 valence electrons. The lowest BCUT2D eigenvalue weighted by Crippen LogP contribution is -2.31. The van der Waals surface area contributed by atoms with Gasteiger partial charge in [0, 0.05) is 37.1 Å². The lowest BCUT2D eigenvalue weighted by Gasteiger charge is -2.20. The van der Waals surface area contributed by atoms with Gasteiger partial charge in [-0.15, -0.1) is 0 Å². The Morgan fingerprint density at radius 1 is 1.29 bits per heavy atom. The van der Waals surface area contributed by atoms with Gasteiger partial charge in [-0.05, 0) is 37.0 Å². The number of hydrogen-bond acceptors (Lipinski definition) is 2. The molecule has 1 aromatic rings. The van der Waals surface area contributed by atoms with Gasteiger partial charge < -0.3 is 10.2 Å². The van der Waals surface area contributed by atoms with Crippen molar-refractivity contribution in [1.82, 2.24) is 10.2 Å². The Labute approximate surface area is 132 Å². The molecule has 2 rings (SSSR count). The fourth-order valence-electron chi connectivity index (χ4n) is 2.85. The van der Waals surface area contributed by atoms with Crippen LogP contribution in [0.1, 0.15) is 50.6 Å². The summed E-state index contributed by atoms with van der Waals surface area (Å²) in [6.45, 7) is 4.80. The van der Waals surface area contributed by atoms with E-state index >= 15 is 0 Å². The van der Waals surface area contributed by atoms with Crippen molar-refractivity contribution in [1.29, 1.82) is 0 Å².